The molecular weight excluding hydrogens is 979 g/mol. The summed E-state index contributed by atoms with van der Waals surface area (Å²) in [5.74, 6) is 3.52. The number of methoxy groups -OCH3 is 6. The minimum atomic E-state index is -4.83. The number of nitrogens with zero attached hydrogens (tertiary/aromatic N) is 6. The number of hydrogen-bond acceptors (Lipinski definition) is 15. The van der Waals surface area contributed by atoms with E-state index in [9.17, 15) is 26.3 Å². The lowest BCUT2D eigenvalue weighted by Gasteiger charge is -2.12. The van der Waals surface area contributed by atoms with Crippen LogP contribution in [0.5, 0.6) is 52.1 Å². The van der Waals surface area contributed by atoms with Gasteiger partial charge in [0.05, 0.1) is 82.0 Å². The number of fused-ring (bicyclic) bond motifs is 3. The van der Waals surface area contributed by atoms with Crippen LogP contribution < -0.4 is 42.6 Å². The SMILES string of the molecule is CCOc1ncnc2ccc(-c3ccc(OC)c(OC)c3)cc12.COc1ccc(-c2ccc3ncnc(OC(F)(F)F)c3c2)cc1OC.COc1ccc(-c2ccc3ncnc(OCC(F)(F)F)c3c2)cc1OC. The summed E-state index contributed by atoms with van der Waals surface area (Å²) in [7, 11) is 9.34. The van der Waals surface area contributed by atoms with Gasteiger partial charge in [-0.25, -0.2) is 29.9 Å². The molecule has 0 fully saturated rings. The zero-order valence-electron chi connectivity index (χ0n) is 40.7. The van der Waals surface area contributed by atoms with Crippen LogP contribution >= 0.6 is 0 Å². The van der Waals surface area contributed by atoms with Gasteiger partial charge in [-0.05, 0) is 113 Å². The van der Waals surface area contributed by atoms with E-state index < -0.39 is 25.0 Å². The fraction of sp³-hybridized carbons (Fsp3) is 0.208. The molecule has 0 aliphatic carbocycles. The molecule has 0 bridgehead atoms. The van der Waals surface area contributed by atoms with Gasteiger partial charge in [0.15, 0.2) is 41.1 Å². The van der Waals surface area contributed by atoms with Crippen LogP contribution in [0, 0.1) is 0 Å². The van der Waals surface area contributed by atoms with Crippen LogP contribution in [-0.2, 0) is 0 Å². The zero-order chi connectivity index (χ0) is 53.0. The predicted molar refractivity (Wildman–Crippen MR) is 264 cm³/mol. The third-order valence-electron chi connectivity index (χ3n) is 10.8. The first-order chi connectivity index (χ1) is 35.6. The average Bonchev–Trinajstić information content (AvgIpc) is 3.41. The maximum atomic E-state index is 12.6. The normalized spacial score (nSPS) is 11.1. The van der Waals surface area contributed by atoms with Crippen molar-refractivity contribution in [1.82, 2.24) is 29.9 Å². The molecule has 21 heteroatoms. The van der Waals surface area contributed by atoms with E-state index in [-0.39, 0.29) is 11.3 Å². The molecule has 0 radical (unpaired) electrons. The molecule has 9 aromatic rings. The monoisotopic (exact) mass is 1020 g/mol. The number of aromatic nitrogens is 6. The van der Waals surface area contributed by atoms with Crippen LogP contribution in [0.15, 0.2) is 128 Å². The first kappa shape index (κ1) is 52.9. The summed E-state index contributed by atoms with van der Waals surface area (Å²) in [4.78, 5) is 23.9. The third-order valence-corrected chi connectivity index (χ3v) is 10.8. The maximum absolute atomic E-state index is 12.6. The van der Waals surface area contributed by atoms with Gasteiger partial charge < -0.3 is 42.6 Å². The van der Waals surface area contributed by atoms with Gasteiger partial charge in [0, 0.05) is 0 Å². The van der Waals surface area contributed by atoms with E-state index in [4.69, 9.17) is 37.9 Å². The molecule has 384 valence electrons. The molecule has 0 saturated carbocycles. The van der Waals surface area contributed by atoms with Gasteiger partial charge in [0.1, 0.15) is 19.0 Å². The second-order valence-corrected chi connectivity index (χ2v) is 15.3. The van der Waals surface area contributed by atoms with Gasteiger partial charge in [-0.2, -0.15) is 13.2 Å². The van der Waals surface area contributed by atoms with Crippen molar-refractivity contribution in [1.29, 1.82) is 0 Å². The number of ether oxygens (including phenoxy) is 9. The van der Waals surface area contributed by atoms with E-state index in [1.54, 1.807) is 68.8 Å². The van der Waals surface area contributed by atoms with Gasteiger partial charge in [-0.1, -0.05) is 36.4 Å². The van der Waals surface area contributed by atoms with E-state index in [1.165, 1.54) is 47.2 Å². The fourth-order valence-electron chi connectivity index (χ4n) is 7.39. The fourth-order valence-corrected chi connectivity index (χ4v) is 7.39. The summed E-state index contributed by atoms with van der Waals surface area (Å²) in [5.41, 5.74) is 6.70. The van der Waals surface area contributed by atoms with Crippen LogP contribution in [0.25, 0.3) is 66.1 Å². The highest BCUT2D eigenvalue weighted by atomic mass is 19.4. The Hall–Kier alpha value is -8.88. The van der Waals surface area contributed by atoms with Gasteiger partial charge in [0.2, 0.25) is 17.6 Å². The number of halogens is 6. The van der Waals surface area contributed by atoms with Crippen molar-refractivity contribution in [2.75, 3.05) is 55.9 Å². The minimum absolute atomic E-state index is 0.116. The van der Waals surface area contributed by atoms with Crippen molar-refractivity contribution in [3.8, 4) is 85.5 Å². The highest BCUT2D eigenvalue weighted by Crippen LogP contribution is 2.38. The van der Waals surface area contributed by atoms with Crippen LogP contribution in [0.4, 0.5) is 26.3 Å². The molecule has 0 spiro atoms. The molecule has 0 unspecified atom stereocenters. The van der Waals surface area contributed by atoms with Crippen molar-refractivity contribution < 1.29 is 69.0 Å². The summed E-state index contributed by atoms with van der Waals surface area (Å²) < 4.78 is 121. The zero-order valence-corrected chi connectivity index (χ0v) is 40.7. The van der Waals surface area contributed by atoms with Crippen molar-refractivity contribution >= 4 is 32.7 Å². The molecule has 0 aliphatic heterocycles. The largest absolute Gasteiger partial charge is 0.574 e. The molecule has 0 saturated heterocycles. The average molecular weight is 1020 g/mol. The van der Waals surface area contributed by atoms with E-state index in [0.717, 1.165) is 45.0 Å². The lowest BCUT2D eigenvalue weighted by atomic mass is 10.0. The molecule has 74 heavy (non-hydrogen) atoms. The summed E-state index contributed by atoms with van der Waals surface area (Å²) in [6, 6.07) is 32.5. The Morgan fingerprint density at radius 2 is 0.676 bits per heavy atom. The molecule has 0 amide bonds. The van der Waals surface area contributed by atoms with E-state index in [2.05, 4.69) is 34.6 Å². The van der Waals surface area contributed by atoms with Gasteiger partial charge in [0.25, 0.3) is 0 Å². The number of rotatable bonds is 14. The van der Waals surface area contributed by atoms with Crippen molar-refractivity contribution in [3.05, 3.63) is 128 Å². The predicted octanol–water partition coefficient (Wildman–Crippen LogP) is 12.2. The van der Waals surface area contributed by atoms with Gasteiger partial charge in [-0.15, -0.1) is 13.2 Å². The smallest absolute Gasteiger partial charge is 0.493 e. The highest BCUT2D eigenvalue weighted by Gasteiger charge is 2.33. The number of benzene rings is 6. The lowest BCUT2D eigenvalue weighted by Crippen LogP contribution is -2.19. The topological polar surface area (TPSA) is 160 Å². The quantitative estimate of drug-likeness (QED) is 0.0946. The molecule has 0 aliphatic rings. The van der Waals surface area contributed by atoms with Crippen LogP contribution in [0.2, 0.25) is 0 Å². The van der Waals surface area contributed by atoms with Gasteiger partial charge in [-0.3, -0.25) is 0 Å². The maximum Gasteiger partial charge on any atom is 0.574 e. The van der Waals surface area contributed by atoms with E-state index in [0.29, 0.717) is 69.0 Å². The Labute approximate surface area is 419 Å². The second kappa shape index (κ2) is 23.6. The number of alkyl halides is 6. The molecule has 6 aromatic carbocycles. The lowest BCUT2D eigenvalue weighted by molar-refractivity contribution is -0.275. The van der Waals surface area contributed by atoms with Crippen molar-refractivity contribution in [2.24, 2.45) is 0 Å². The third kappa shape index (κ3) is 13.0. The van der Waals surface area contributed by atoms with Gasteiger partial charge >= 0.3 is 12.5 Å². The molecule has 15 nitrogen and oxygen atoms in total. The summed E-state index contributed by atoms with van der Waals surface area (Å²) in [6.07, 6.45) is -5.56. The molecule has 3 aromatic heterocycles. The summed E-state index contributed by atoms with van der Waals surface area (Å²) >= 11 is 0. The van der Waals surface area contributed by atoms with Crippen LogP contribution in [0.3, 0.4) is 0 Å². The highest BCUT2D eigenvalue weighted by molar-refractivity contribution is 5.90. The molecule has 3 heterocycles. The second-order valence-electron chi connectivity index (χ2n) is 15.3. The Balaban J connectivity index is 0.000000162. The molecular formula is C53H46F6N6O9. The summed E-state index contributed by atoms with van der Waals surface area (Å²) in [6.45, 7) is 1.08. The van der Waals surface area contributed by atoms with Crippen molar-refractivity contribution in [3.63, 3.8) is 0 Å². The van der Waals surface area contributed by atoms with Crippen LogP contribution in [0.1, 0.15) is 6.92 Å². The van der Waals surface area contributed by atoms with E-state index in [1.807, 2.05) is 55.5 Å². The Kier molecular flexibility index (Phi) is 16.9. The standard InChI is InChI=1S/C18H15F3N2O3.C18H18N2O3.C17H13F3N2O3/c1-24-15-6-4-12(8-16(15)25-2)11-3-5-14-13(7-11)17(23-10-22-14)26-9-18(19,20)21;1-4-23-18-14-9-12(5-7-15(14)19-11-20-18)13-6-8-16(21-2)17(10-13)22-3;1-23-14-6-4-11(8-15(14)24-2)10-3-5-13-12(7-10)16(22-9-21-13)25-17(18,19)20/h3-8,10H,9H2,1-2H3;5-11H,4H2,1-3H3;3-9H,1-2H3. The van der Waals surface area contributed by atoms with E-state index >= 15 is 0 Å². The minimum Gasteiger partial charge on any atom is -0.493 e. The Morgan fingerprint density at radius 3 is 1.00 bits per heavy atom. The first-order valence-corrected chi connectivity index (χ1v) is 22.1. The first-order valence-electron chi connectivity index (χ1n) is 22.1. The molecule has 9 rings (SSSR count). The Bertz CT molecular complexity index is 3380. The molecule has 0 atom stereocenters. The summed E-state index contributed by atoms with van der Waals surface area (Å²) in [5, 5.41) is 1.44. The molecule has 0 N–H and O–H groups in total. The number of hydrogen-bond donors (Lipinski definition) is 0. The van der Waals surface area contributed by atoms with Crippen LogP contribution in [-0.4, -0.2) is 98.3 Å². The van der Waals surface area contributed by atoms with Crippen molar-refractivity contribution in [2.45, 2.75) is 19.5 Å². The Morgan fingerprint density at radius 1 is 0.365 bits per heavy atom.